The molecule has 0 bridgehead atoms. The van der Waals surface area contributed by atoms with Gasteiger partial charge in [0, 0.05) is 25.8 Å². The molecular formula is C13H15FIN3O. The van der Waals surface area contributed by atoms with E-state index in [0.717, 1.165) is 43.6 Å². The zero-order valence-electron chi connectivity index (χ0n) is 10.4. The lowest BCUT2D eigenvalue weighted by Crippen LogP contribution is -2.21. The van der Waals surface area contributed by atoms with Crippen LogP contribution in [-0.4, -0.2) is 22.8 Å². The molecule has 19 heavy (non-hydrogen) atoms. The molecule has 1 aliphatic rings. The van der Waals surface area contributed by atoms with Crippen LogP contribution < -0.4 is 5.73 Å². The van der Waals surface area contributed by atoms with Crippen LogP contribution in [-0.2, 0) is 11.3 Å². The van der Waals surface area contributed by atoms with Gasteiger partial charge in [0.25, 0.3) is 0 Å². The molecule has 4 nitrogen and oxygen atoms in total. The number of imidazole rings is 1. The van der Waals surface area contributed by atoms with E-state index in [1.165, 1.54) is 6.07 Å². The van der Waals surface area contributed by atoms with Crippen molar-refractivity contribution in [1.82, 2.24) is 9.55 Å². The van der Waals surface area contributed by atoms with Gasteiger partial charge in [-0.3, -0.25) is 0 Å². The zero-order valence-corrected chi connectivity index (χ0v) is 12.6. The molecule has 1 aliphatic heterocycles. The Morgan fingerprint density at radius 3 is 2.89 bits per heavy atom. The summed E-state index contributed by atoms with van der Waals surface area (Å²) in [6.07, 6.45) is 2.04. The van der Waals surface area contributed by atoms with Gasteiger partial charge in [-0.1, -0.05) is 0 Å². The van der Waals surface area contributed by atoms with Crippen LogP contribution in [0.2, 0.25) is 0 Å². The fourth-order valence-electron chi connectivity index (χ4n) is 2.52. The summed E-state index contributed by atoms with van der Waals surface area (Å²) in [5.41, 5.74) is 7.51. The van der Waals surface area contributed by atoms with Crippen molar-refractivity contribution in [1.29, 1.82) is 0 Å². The summed E-state index contributed by atoms with van der Waals surface area (Å²) in [6, 6.07) is 3.27. The van der Waals surface area contributed by atoms with Crippen molar-refractivity contribution in [3.63, 3.8) is 0 Å². The molecule has 1 saturated heterocycles. The third-order valence-corrected chi connectivity index (χ3v) is 4.43. The minimum atomic E-state index is -0.221. The van der Waals surface area contributed by atoms with Gasteiger partial charge >= 0.3 is 0 Å². The Morgan fingerprint density at radius 2 is 2.16 bits per heavy atom. The minimum absolute atomic E-state index is 0.221. The van der Waals surface area contributed by atoms with Crippen molar-refractivity contribution >= 4 is 39.6 Å². The predicted molar refractivity (Wildman–Crippen MR) is 80.4 cm³/mol. The first-order chi connectivity index (χ1) is 9.15. The Bertz CT molecular complexity index is 607. The molecule has 2 heterocycles. The Balaban J connectivity index is 1.97. The molecule has 0 unspecified atom stereocenters. The molecule has 0 atom stereocenters. The van der Waals surface area contributed by atoms with Crippen LogP contribution in [0, 0.1) is 15.3 Å². The maximum atomic E-state index is 13.7. The quantitative estimate of drug-likeness (QED) is 0.822. The van der Waals surface area contributed by atoms with Crippen LogP contribution in [0.1, 0.15) is 12.8 Å². The van der Waals surface area contributed by atoms with Gasteiger partial charge in [-0.25, -0.2) is 9.37 Å². The van der Waals surface area contributed by atoms with Crippen LogP contribution in [0.25, 0.3) is 11.0 Å². The van der Waals surface area contributed by atoms with Crippen molar-refractivity contribution in [3.8, 4) is 0 Å². The summed E-state index contributed by atoms with van der Waals surface area (Å²) in [6.45, 7) is 2.37. The summed E-state index contributed by atoms with van der Waals surface area (Å²) in [4.78, 5) is 4.32. The van der Waals surface area contributed by atoms with Crippen molar-refractivity contribution in [2.24, 2.45) is 5.92 Å². The van der Waals surface area contributed by atoms with Gasteiger partial charge in [0.05, 0.1) is 14.6 Å². The molecule has 0 saturated carbocycles. The molecule has 1 fully saturated rings. The second-order valence-electron chi connectivity index (χ2n) is 4.89. The number of ether oxygens (including phenoxy) is 1. The number of anilines is 1. The Kier molecular flexibility index (Phi) is 3.62. The number of rotatable bonds is 2. The Labute approximate surface area is 124 Å². The lowest BCUT2D eigenvalue weighted by Gasteiger charge is -2.23. The van der Waals surface area contributed by atoms with E-state index in [1.807, 2.05) is 27.2 Å². The van der Waals surface area contributed by atoms with Crippen molar-refractivity contribution in [3.05, 3.63) is 21.5 Å². The van der Waals surface area contributed by atoms with Gasteiger partial charge in [0.2, 0.25) is 5.95 Å². The molecule has 0 radical (unpaired) electrons. The second-order valence-corrected chi connectivity index (χ2v) is 6.05. The zero-order chi connectivity index (χ0) is 13.4. The summed E-state index contributed by atoms with van der Waals surface area (Å²) in [5, 5.41) is 0. The van der Waals surface area contributed by atoms with Gasteiger partial charge < -0.3 is 15.0 Å². The molecular weight excluding hydrogens is 360 g/mol. The van der Waals surface area contributed by atoms with E-state index in [0.29, 0.717) is 15.4 Å². The molecule has 1 aromatic heterocycles. The maximum absolute atomic E-state index is 13.7. The topological polar surface area (TPSA) is 53.1 Å². The highest BCUT2D eigenvalue weighted by Crippen LogP contribution is 2.26. The predicted octanol–water partition coefficient (Wildman–Crippen LogP) is 2.79. The molecule has 2 aromatic rings. The first-order valence-electron chi connectivity index (χ1n) is 6.33. The SMILES string of the molecule is Nc1nc2cc(I)c(F)cc2n1CC1CCOCC1. The number of nitrogens with zero attached hydrogens (tertiary/aromatic N) is 2. The standard InChI is InChI=1S/C13H15FIN3O/c14-9-5-12-11(6-10(9)15)17-13(16)18(12)7-8-1-3-19-4-2-8/h5-6,8H,1-4,7H2,(H2,16,17). The highest BCUT2D eigenvalue weighted by molar-refractivity contribution is 14.1. The third-order valence-electron chi connectivity index (χ3n) is 3.60. The number of hydrogen-bond donors (Lipinski definition) is 1. The molecule has 2 N–H and O–H groups in total. The third kappa shape index (κ3) is 2.55. The number of hydrogen-bond acceptors (Lipinski definition) is 3. The van der Waals surface area contributed by atoms with E-state index in [1.54, 1.807) is 6.07 Å². The van der Waals surface area contributed by atoms with E-state index >= 15 is 0 Å². The first kappa shape index (κ1) is 13.1. The lowest BCUT2D eigenvalue weighted by molar-refractivity contribution is 0.0617. The van der Waals surface area contributed by atoms with E-state index < -0.39 is 0 Å². The minimum Gasteiger partial charge on any atom is -0.381 e. The Hall–Kier alpha value is -0.890. The highest BCUT2D eigenvalue weighted by Gasteiger charge is 2.18. The fraction of sp³-hybridized carbons (Fsp3) is 0.462. The van der Waals surface area contributed by atoms with E-state index in [2.05, 4.69) is 4.98 Å². The van der Waals surface area contributed by atoms with Crippen molar-refractivity contribution < 1.29 is 9.13 Å². The number of benzene rings is 1. The number of nitrogens with two attached hydrogens (primary N) is 1. The number of fused-ring (bicyclic) bond motifs is 1. The molecule has 0 spiro atoms. The summed E-state index contributed by atoms with van der Waals surface area (Å²) < 4.78 is 21.6. The van der Waals surface area contributed by atoms with Gasteiger partial charge in [-0.05, 0) is 47.4 Å². The summed E-state index contributed by atoms with van der Waals surface area (Å²) >= 11 is 1.97. The lowest BCUT2D eigenvalue weighted by atomic mass is 10.0. The van der Waals surface area contributed by atoms with E-state index in [4.69, 9.17) is 10.5 Å². The molecule has 1 aromatic carbocycles. The summed E-state index contributed by atoms with van der Waals surface area (Å²) in [5.74, 6) is 0.764. The van der Waals surface area contributed by atoms with Crippen LogP contribution in [0.15, 0.2) is 12.1 Å². The first-order valence-corrected chi connectivity index (χ1v) is 7.41. The average Bonchev–Trinajstić information content (AvgIpc) is 2.68. The molecule has 0 amide bonds. The van der Waals surface area contributed by atoms with Crippen molar-refractivity contribution in [2.75, 3.05) is 18.9 Å². The fourth-order valence-corrected chi connectivity index (χ4v) is 2.97. The number of halogens is 2. The maximum Gasteiger partial charge on any atom is 0.201 e. The largest absolute Gasteiger partial charge is 0.381 e. The van der Waals surface area contributed by atoms with Gasteiger partial charge in [0.15, 0.2) is 0 Å². The van der Waals surface area contributed by atoms with E-state index in [9.17, 15) is 4.39 Å². The summed E-state index contributed by atoms with van der Waals surface area (Å²) in [7, 11) is 0. The molecule has 0 aliphatic carbocycles. The van der Waals surface area contributed by atoms with E-state index in [-0.39, 0.29) is 5.82 Å². The number of nitrogen functional groups attached to an aromatic ring is 1. The van der Waals surface area contributed by atoms with Gasteiger partial charge in [-0.15, -0.1) is 0 Å². The smallest absolute Gasteiger partial charge is 0.201 e. The number of aromatic nitrogens is 2. The monoisotopic (exact) mass is 375 g/mol. The normalized spacial score (nSPS) is 17.2. The molecule has 6 heteroatoms. The van der Waals surface area contributed by atoms with Crippen LogP contribution in [0.4, 0.5) is 10.3 Å². The average molecular weight is 375 g/mol. The van der Waals surface area contributed by atoms with Gasteiger partial charge in [-0.2, -0.15) is 0 Å². The van der Waals surface area contributed by atoms with Crippen LogP contribution >= 0.6 is 22.6 Å². The Morgan fingerprint density at radius 1 is 1.42 bits per heavy atom. The van der Waals surface area contributed by atoms with Crippen molar-refractivity contribution in [2.45, 2.75) is 19.4 Å². The van der Waals surface area contributed by atoms with Gasteiger partial charge in [0.1, 0.15) is 5.82 Å². The second kappa shape index (κ2) is 5.24. The molecule has 3 rings (SSSR count). The van der Waals surface area contributed by atoms with Crippen LogP contribution in [0.3, 0.4) is 0 Å². The van der Waals surface area contributed by atoms with Crippen LogP contribution in [0.5, 0.6) is 0 Å². The molecule has 102 valence electrons. The highest BCUT2D eigenvalue weighted by atomic mass is 127.